The molecular formula is C15H21NO8. The lowest BCUT2D eigenvalue weighted by Crippen LogP contribution is -2.16. The number of ether oxygens (including phenoxy) is 5. The lowest BCUT2D eigenvalue weighted by molar-refractivity contribution is -0.385. The number of carbonyl (C=O) groups excluding carboxylic acids is 1. The van der Waals surface area contributed by atoms with Gasteiger partial charge < -0.3 is 23.7 Å². The Hall–Kier alpha value is -2.39. The third-order valence-corrected chi connectivity index (χ3v) is 2.70. The van der Waals surface area contributed by atoms with Crippen molar-refractivity contribution in [2.24, 2.45) is 0 Å². The van der Waals surface area contributed by atoms with E-state index in [9.17, 15) is 14.9 Å². The molecule has 0 aliphatic carbocycles. The van der Waals surface area contributed by atoms with Gasteiger partial charge in [-0.2, -0.15) is 0 Å². The van der Waals surface area contributed by atoms with Crippen LogP contribution in [0.1, 0.15) is 6.92 Å². The van der Waals surface area contributed by atoms with Crippen molar-refractivity contribution in [3.8, 4) is 11.5 Å². The highest BCUT2D eigenvalue weighted by atomic mass is 16.6. The fourth-order valence-corrected chi connectivity index (χ4v) is 1.66. The smallest absolute Gasteiger partial charge is 0.332 e. The summed E-state index contributed by atoms with van der Waals surface area (Å²) < 4.78 is 25.4. The van der Waals surface area contributed by atoms with Crippen molar-refractivity contribution in [1.29, 1.82) is 0 Å². The molecule has 0 aromatic heterocycles. The fourth-order valence-electron chi connectivity index (χ4n) is 1.66. The zero-order valence-electron chi connectivity index (χ0n) is 13.7. The van der Waals surface area contributed by atoms with Crippen LogP contribution in [0.25, 0.3) is 0 Å². The normalized spacial score (nSPS) is 10.2. The van der Waals surface area contributed by atoms with Crippen LogP contribution in [0.5, 0.6) is 11.5 Å². The van der Waals surface area contributed by atoms with Gasteiger partial charge in [-0.05, 0) is 6.92 Å². The zero-order valence-corrected chi connectivity index (χ0v) is 13.7. The Morgan fingerprint density at radius 2 is 1.75 bits per heavy atom. The molecule has 0 radical (unpaired) electrons. The molecule has 0 aliphatic rings. The van der Waals surface area contributed by atoms with E-state index in [1.165, 1.54) is 19.2 Å². The molecule has 0 atom stereocenters. The van der Waals surface area contributed by atoms with E-state index < -0.39 is 10.9 Å². The second-order valence-corrected chi connectivity index (χ2v) is 4.44. The minimum atomic E-state index is -0.521. The molecule has 0 saturated heterocycles. The maximum absolute atomic E-state index is 11.0. The van der Waals surface area contributed by atoms with Gasteiger partial charge in [-0.25, -0.2) is 4.79 Å². The van der Waals surface area contributed by atoms with Gasteiger partial charge in [0.15, 0.2) is 0 Å². The van der Waals surface area contributed by atoms with E-state index >= 15 is 0 Å². The quantitative estimate of drug-likeness (QED) is 0.244. The third-order valence-electron chi connectivity index (χ3n) is 2.70. The Labute approximate surface area is 139 Å². The number of nitrogens with zero attached hydrogens (tertiary/aromatic N) is 1. The lowest BCUT2D eigenvalue weighted by Gasteiger charge is -2.09. The second kappa shape index (κ2) is 11.2. The molecule has 0 amide bonds. The summed E-state index contributed by atoms with van der Waals surface area (Å²) in [4.78, 5) is 21.3. The zero-order chi connectivity index (χ0) is 17.8. The van der Waals surface area contributed by atoms with Crippen LogP contribution < -0.4 is 9.47 Å². The Balaban J connectivity index is 2.20. The summed E-state index contributed by atoms with van der Waals surface area (Å²) >= 11 is 0. The van der Waals surface area contributed by atoms with Gasteiger partial charge in [0, 0.05) is 6.07 Å². The Bertz CT molecular complexity index is 534. The summed E-state index contributed by atoms with van der Waals surface area (Å²) in [5.41, 5.74) is -0.113. The molecule has 24 heavy (non-hydrogen) atoms. The molecule has 1 rings (SSSR count). The SMILES string of the molecule is CCOC(=O)COCCOCCOc1cc(OC)cc([N+](=O)[O-])c1. The Kier molecular flexibility index (Phi) is 9.17. The molecule has 0 heterocycles. The maximum atomic E-state index is 11.0. The first-order valence-electron chi connectivity index (χ1n) is 7.34. The van der Waals surface area contributed by atoms with E-state index in [-0.39, 0.29) is 32.1 Å². The molecule has 9 nitrogen and oxygen atoms in total. The van der Waals surface area contributed by atoms with Crippen LogP contribution >= 0.6 is 0 Å². The van der Waals surface area contributed by atoms with E-state index in [1.54, 1.807) is 13.0 Å². The number of benzene rings is 1. The number of rotatable bonds is 12. The number of hydrogen-bond acceptors (Lipinski definition) is 8. The van der Waals surface area contributed by atoms with Crippen LogP contribution in [0.2, 0.25) is 0 Å². The summed E-state index contributed by atoms with van der Waals surface area (Å²) in [6, 6.07) is 4.17. The van der Waals surface area contributed by atoms with Crippen LogP contribution in [0, 0.1) is 10.1 Å². The van der Waals surface area contributed by atoms with Gasteiger partial charge in [0.25, 0.3) is 5.69 Å². The summed E-state index contributed by atoms with van der Waals surface area (Å²) in [5.74, 6) is 0.246. The molecule has 1 aromatic rings. The number of esters is 1. The standard InChI is InChI=1S/C15H21NO8/c1-3-23-15(17)11-22-5-4-21-6-7-24-14-9-12(16(18)19)8-13(10-14)20-2/h8-10H,3-7,11H2,1-2H3. The molecule has 0 N–H and O–H groups in total. The third kappa shape index (κ3) is 7.75. The van der Waals surface area contributed by atoms with Crippen molar-refractivity contribution in [1.82, 2.24) is 0 Å². The first-order valence-corrected chi connectivity index (χ1v) is 7.34. The monoisotopic (exact) mass is 343 g/mol. The average molecular weight is 343 g/mol. The highest BCUT2D eigenvalue weighted by Gasteiger charge is 2.11. The minimum absolute atomic E-state index is 0.110. The molecular weight excluding hydrogens is 322 g/mol. The van der Waals surface area contributed by atoms with Gasteiger partial charge in [0.05, 0.1) is 50.6 Å². The first-order chi connectivity index (χ1) is 11.6. The van der Waals surface area contributed by atoms with Crippen molar-refractivity contribution < 1.29 is 33.4 Å². The average Bonchev–Trinajstić information content (AvgIpc) is 2.57. The van der Waals surface area contributed by atoms with Crippen LogP contribution in [0.3, 0.4) is 0 Å². The van der Waals surface area contributed by atoms with Crippen molar-refractivity contribution in [2.45, 2.75) is 6.92 Å². The van der Waals surface area contributed by atoms with Gasteiger partial charge in [0.2, 0.25) is 0 Å². The van der Waals surface area contributed by atoms with E-state index in [4.69, 9.17) is 23.7 Å². The lowest BCUT2D eigenvalue weighted by atomic mass is 10.3. The van der Waals surface area contributed by atoms with Gasteiger partial charge >= 0.3 is 5.97 Å². The number of non-ortho nitro benzene ring substituents is 1. The van der Waals surface area contributed by atoms with Gasteiger partial charge in [0.1, 0.15) is 24.7 Å². The Morgan fingerprint density at radius 1 is 1.08 bits per heavy atom. The molecule has 134 valence electrons. The first kappa shape index (κ1) is 19.7. The van der Waals surface area contributed by atoms with Gasteiger partial charge in [-0.3, -0.25) is 10.1 Å². The fraction of sp³-hybridized carbons (Fsp3) is 0.533. The van der Waals surface area contributed by atoms with E-state index in [1.807, 2.05) is 0 Å². The molecule has 9 heteroatoms. The van der Waals surface area contributed by atoms with Crippen LogP contribution in [-0.4, -0.2) is 57.6 Å². The predicted molar refractivity (Wildman–Crippen MR) is 83.4 cm³/mol. The molecule has 0 aliphatic heterocycles. The summed E-state index contributed by atoms with van der Waals surface area (Å²) in [6.07, 6.45) is 0. The number of methoxy groups -OCH3 is 1. The molecule has 0 fully saturated rings. The van der Waals surface area contributed by atoms with E-state index in [0.717, 1.165) is 0 Å². The van der Waals surface area contributed by atoms with Gasteiger partial charge in [-0.1, -0.05) is 0 Å². The summed E-state index contributed by atoms with van der Waals surface area (Å²) in [7, 11) is 1.42. The van der Waals surface area contributed by atoms with Crippen LogP contribution in [0.4, 0.5) is 5.69 Å². The summed E-state index contributed by atoms with van der Waals surface area (Å²) in [5, 5.41) is 10.8. The predicted octanol–water partition coefficient (Wildman–Crippen LogP) is 1.58. The number of carbonyl (C=O) groups is 1. The molecule has 0 saturated carbocycles. The molecule has 0 unspecified atom stereocenters. The maximum Gasteiger partial charge on any atom is 0.332 e. The van der Waals surface area contributed by atoms with Gasteiger partial charge in [-0.15, -0.1) is 0 Å². The largest absolute Gasteiger partial charge is 0.496 e. The highest BCUT2D eigenvalue weighted by molar-refractivity contribution is 5.70. The molecule has 1 aromatic carbocycles. The van der Waals surface area contributed by atoms with Crippen LogP contribution in [-0.2, 0) is 19.0 Å². The minimum Gasteiger partial charge on any atom is -0.496 e. The number of nitro groups is 1. The molecule has 0 spiro atoms. The topological polar surface area (TPSA) is 106 Å². The number of hydrogen-bond donors (Lipinski definition) is 0. The Morgan fingerprint density at radius 3 is 2.42 bits per heavy atom. The second-order valence-electron chi connectivity index (χ2n) is 4.44. The summed E-state index contributed by atoms with van der Waals surface area (Å²) in [6.45, 7) is 2.96. The number of nitro benzene ring substituents is 1. The molecule has 0 bridgehead atoms. The van der Waals surface area contributed by atoms with Crippen molar-refractivity contribution in [3.63, 3.8) is 0 Å². The van der Waals surface area contributed by atoms with E-state index in [0.29, 0.717) is 24.7 Å². The van der Waals surface area contributed by atoms with Crippen molar-refractivity contribution >= 4 is 11.7 Å². The highest BCUT2D eigenvalue weighted by Crippen LogP contribution is 2.27. The van der Waals surface area contributed by atoms with Crippen LogP contribution in [0.15, 0.2) is 18.2 Å². The van der Waals surface area contributed by atoms with Crippen molar-refractivity contribution in [3.05, 3.63) is 28.3 Å². The van der Waals surface area contributed by atoms with E-state index in [2.05, 4.69) is 0 Å². The van der Waals surface area contributed by atoms with Crippen molar-refractivity contribution in [2.75, 3.05) is 46.8 Å².